The zero-order chi connectivity index (χ0) is 14.0. The molecule has 3 nitrogen and oxygen atoms in total. The molecule has 1 aromatic heterocycles. The van der Waals surface area contributed by atoms with Crippen LogP contribution in [0.15, 0.2) is 27.6 Å². The van der Waals surface area contributed by atoms with Gasteiger partial charge in [-0.05, 0) is 48.0 Å². The van der Waals surface area contributed by atoms with E-state index in [1.807, 2.05) is 29.8 Å². The lowest BCUT2D eigenvalue weighted by molar-refractivity contribution is 0.631. The Balaban J connectivity index is 2.21. The maximum absolute atomic E-state index is 6.17. The van der Waals surface area contributed by atoms with Crippen LogP contribution in [0.25, 0.3) is 0 Å². The van der Waals surface area contributed by atoms with Crippen LogP contribution in [-0.4, -0.2) is 9.78 Å². The van der Waals surface area contributed by atoms with Gasteiger partial charge in [0.1, 0.15) is 0 Å². The first-order valence-electron chi connectivity index (χ1n) is 5.92. The molecule has 2 N–H and O–H groups in total. The quantitative estimate of drug-likeness (QED) is 0.645. The van der Waals surface area contributed by atoms with Crippen LogP contribution < -0.4 is 5.73 Å². The smallest absolute Gasteiger partial charge is 0.0739 e. The minimum Gasteiger partial charge on any atom is -0.399 e. The van der Waals surface area contributed by atoms with Crippen molar-refractivity contribution in [2.45, 2.75) is 31.0 Å². The molecule has 0 aliphatic carbocycles. The van der Waals surface area contributed by atoms with Crippen molar-refractivity contribution >= 4 is 45.0 Å². The maximum atomic E-state index is 6.17. The number of nitrogens with zero attached hydrogens (tertiary/aromatic N) is 2. The highest BCUT2D eigenvalue weighted by atomic mass is 79.9. The van der Waals surface area contributed by atoms with Gasteiger partial charge in [0.25, 0.3) is 0 Å². The van der Waals surface area contributed by atoms with Crippen molar-refractivity contribution in [1.29, 1.82) is 0 Å². The highest BCUT2D eigenvalue weighted by Gasteiger charge is 2.13. The van der Waals surface area contributed by atoms with E-state index < -0.39 is 0 Å². The number of benzene rings is 1. The number of hydrogen-bond acceptors (Lipinski definition) is 3. The highest BCUT2D eigenvalue weighted by Crippen LogP contribution is 2.33. The van der Waals surface area contributed by atoms with Crippen molar-refractivity contribution in [3.8, 4) is 0 Å². The Morgan fingerprint density at radius 3 is 2.89 bits per heavy atom. The fourth-order valence-corrected chi connectivity index (χ4v) is 3.69. The Morgan fingerprint density at radius 1 is 1.47 bits per heavy atom. The number of anilines is 1. The summed E-state index contributed by atoms with van der Waals surface area (Å²) in [5.74, 6) is 0.804. The molecule has 0 saturated heterocycles. The van der Waals surface area contributed by atoms with Gasteiger partial charge in [-0.3, -0.25) is 4.68 Å². The van der Waals surface area contributed by atoms with Crippen LogP contribution in [0, 0.1) is 6.92 Å². The zero-order valence-corrected chi connectivity index (χ0v) is 13.9. The van der Waals surface area contributed by atoms with E-state index >= 15 is 0 Å². The van der Waals surface area contributed by atoms with E-state index in [-0.39, 0.29) is 0 Å². The van der Waals surface area contributed by atoms with Gasteiger partial charge in [0.15, 0.2) is 0 Å². The van der Waals surface area contributed by atoms with E-state index in [9.17, 15) is 0 Å². The van der Waals surface area contributed by atoms with Crippen LogP contribution in [-0.2, 0) is 12.3 Å². The average molecular weight is 361 g/mol. The lowest BCUT2D eigenvalue weighted by atomic mass is 10.3. The minimum atomic E-state index is 0.728. The number of thioether (sulfide) groups is 1. The summed E-state index contributed by atoms with van der Waals surface area (Å²) in [5.41, 5.74) is 8.70. The lowest BCUT2D eigenvalue weighted by Crippen LogP contribution is -2.01. The number of nitrogens with two attached hydrogens (primary N) is 1. The number of aryl methyl sites for hydroxylation is 2. The summed E-state index contributed by atoms with van der Waals surface area (Å²) in [6.45, 7) is 4.94. The standard InChI is InChI=1S/C13H15BrClN3S/c1-3-18-11(13(14)8(2)17-18)7-19-12-6-9(16)4-5-10(12)15/h4-6H,3,7,16H2,1-2H3. The van der Waals surface area contributed by atoms with Gasteiger partial charge in [-0.25, -0.2) is 0 Å². The number of halogens is 2. The van der Waals surface area contributed by atoms with E-state index in [4.69, 9.17) is 17.3 Å². The second-order valence-electron chi connectivity index (χ2n) is 4.14. The first-order chi connectivity index (χ1) is 9.02. The van der Waals surface area contributed by atoms with Crippen LogP contribution in [0.3, 0.4) is 0 Å². The van der Waals surface area contributed by atoms with E-state index in [1.54, 1.807) is 11.8 Å². The third-order valence-electron chi connectivity index (χ3n) is 2.77. The van der Waals surface area contributed by atoms with Crippen molar-refractivity contribution in [2.75, 3.05) is 5.73 Å². The Bertz CT molecular complexity index is 598. The molecule has 0 radical (unpaired) electrons. The Morgan fingerprint density at radius 2 is 2.21 bits per heavy atom. The number of hydrogen-bond donors (Lipinski definition) is 1. The second kappa shape index (κ2) is 6.20. The van der Waals surface area contributed by atoms with Crippen molar-refractivity contribution < 1.29 is 0 Å². The molecule has 1 aromatic carbocycles. The SMILES string of the molecule is CCn1nc(C)c(Br)c1CSc1cc(N)ccc1Cl. The van der Waals surface area contributed by atoms with Gasteiger partial charge < -0.3 is 5.73 Å². The normalized spacial score (nSPS) is 10.9. The van der Waals surface area contributed by atoms with Gasteiger partial charge in [0, 0.05) is 22.9 Å². The molecule has 0 spiro atoms. The maximum Gasteiger partial charge on any atom is 0.0739 e. The number of nitrogen functional groups attached to an aromatic ring is 1. The van der Waals surface area contributed by atoms with Gasteiger partial charge in [-0.2, -0.15) is 5.10 Å². The summed E-state index contributed by atoms with van der Waals surface area (Å²) in [6.07, 6.45) is 0. The van der Waals surface area contributed by atoms with Gasteiger partial charge in [0.2, 0.25) is 0 Å². The molecular formula is C13H15BrClN3S. The first kappa shape index (κ1) is 14.8. The molecule has 2 aromatic rings. The van der Waals surface area contributed by atoms with Gasteiger partial charge in [-0.1, -0.05) is 11.6 Å². The molecule has 1 heterocycles. The van der Waals surface area contributed by atoms with E-state index in [0.29, 0.717) is 0 Å². The molecule has 0 amide bonds. The topological polar surface area (TPSA) is 43.8 Å². The Labute approximate surface area is 130 Å². The fraction of sp³-hybridized carbons (Fsp3) is 0.308. The predicted molar refractivity (Wildman–Crippen MR) is 85.8 cm³/mol. The molecule has 0 unspecified atom stereocenters. The Hall–Kier alpha value is -0.650. The molecule has 6 heteroatoms. The monoisotopic (exact) mass is 359 g/mol. The molecule has 2 rings (SSSR count). The molecular weight excluding hydrogens is 346 g/mol. The summed E-state index contributed by atoms with van der Waals surface area (Å²) in [5, 5.41) is 5.21. The van der Waals surface area contributed by atoms with Crippen molar-refractivity contribution in [3.63, 3.8) is 0 Å². The predicted octanol–water partition coefficient (Wildman–Crippen LogP) is 4.50. The van der Waals surface area contributed by atoms with E-state index in [1.165, 1.54) is 5.69 Å². The van der Waals surface area contributed by atoms with Gasteiger partial charge in [-0.15, -0.1) is 11.8 Å². The minimum absolute atomic E-state index is 0.728. The average Bonchev–Trinajstić information content (AvgIpc) is 2.66. The third-order valence-corrected chi connectivity index (χ3v) is 5.31. The van der Waals surface area contributed by atoms with Crippen molar-refractivity contribution in [3.05, 3.63) is 39.1 Å². The first-order valence-corrected chi connectivity index (χ1v) is 8.08. The van der Waals surface area contributed by atoms with Gasteiger partial charge in [0.05, 0.1) is 20.9 Å². The summed E-state index contributed by atoms with van der Waals surface area (Å²) >= 11 is 11.4. The van der Waals surface area contributed by atoms with Crippen molar-refractivity contribution in [1.82, 2.24) is 9.78 Å². The van der Waals surface area contributed by atoms with Crippen LogP contribution in [0.2, 0.25) is 5.02 Å². The molecule has 0 atom stereocenters. The molecule has 0 bridgehead atoms. The molecule has 0 fully saturated rings. The van der Waals surface area contributed by atoms with Crippen molar-refractivity contribution in [2.24, 2.45) is 0 Å². The molecule has 0 saturated carbocycles. The van der Waals surface area contributed by atoms with Gasteiger partial charge >= 0.3 is 0 Å². The summed E-state index contributed by atoms with van der Waals surface area (Å²) < 4.78 is 3.08. The molecule has 0 aliphatic rings. The van der Waals surface area contributed by atoms with E-state index in [0.717, 1.165) is 38.1 Å². The number of rotatable bonds is 4. The van der Waals surface area contributed by atoms with E-state index in [2.05, 4.69) is 28.0 Å². The fourth-order valence-electron chi connectivity index (χ4n) is 1.78. The zero-order valence-electron chi connectivity index (χ0n) is 10.8. The molecule has 19 heavy (non-hydrogen) atoms. The molecule has 0 aliphatic heterocycles. The van der Waals surface area contributed by atoms with Crippen LogP contribution >= 0.6 is 39.3 Å². The highest BCUT2D eigenvalue weighted by molar-refractivity contribution is 9.10. The molecule has 102 valence electrons. The second-order valence-corrected chi connectivity index (χ2v) is 6.36. The van der Waals surface area contributed by atoms with Crippen LogP contribution in [0.1, 0.15) is 18.3 Å². The summed E-state index contributed by atoms with van der Waals surface area (Å²) in [4.78, 5) is 0.995. The Kier molecular flexibility index (Phi) is 4.81. The summed E-state index contributed by atoms with van der Waals surface area (Å²) in [7, 11) is 0. The van der Waals surface area contributed by atoms with Crippen LogP contribution in [0.5, 0.6) is 0 Å². The number of aromatic nitrogens is 2. The summed E-state index contributed by atoms with van der Waals surface area (Å²) in [6, 6.07) is 5.54. The van der Waals surface area contributed by atoms with Crippen LogP contribution in [0.4, 0.5) is 5.69 Å². The largest absolute Gasteiger partial charge is 0.399 e. The third kappa shape index (κ3) is 3.27. The lowest BCUT2D eigenvalue weighted by Gasteiger charge is -2.07.